The lowest BCUT2D eigenvalue weighted by atomic mass is 9.96. The first-order chi connectivity index (χ1) is 18.8. The lowest BCUT2D eigenvalue weighted by molar-refractivity contribution is -0.671. The third-order valence-corrected chi connectivity index (χ3v) is 7.84. The van der Waals surface area contributed by atoms with E-state index in [1.165, 1.54) is 31.0 Å². The van der Waals surface area contributed by atoms with Gasteiger partial charge in [-0.1, -0.05) is 5.16 Å². The lowest BCUT2D eigenvalue weighted by Gasteiger charge is -2.52. The smallest absolute Gasteiger partial charge is 0.350 e. The van der Waals surface area contributed by atoms with Gasteiger partial charge in [0.1, 0.15) is 12.7 Å². The molecule has 2 aromatic rings. The molecule has 0 aliphatic carbocycles. The van der Waals surface area contributed by atoms with E-state index in [-0.39, 0.29) is 22.3 Å². The van der Waals surface area contributed by atoms with Crippen molar-refractivity contribution in [1.82, 2.24) is 15.2 Å². The Morgan fingerprint density at radius 2 is 2.05 bits per heavy atom. The predicted octanol–water partition coefficient (Wildman–Crippen LogP) is -0.998. The van der Waals surface area contributed by atoms with Gasteiger partial charge in [0, 0.05) is 28.2 Å². The standard InChI is InChI=1S/C24H26N6O8S2/c1-11-13(9-39-12-5-7-29(4)8-6-12)17(21(33)34)30-19(32)16(20(30)37-11)27-18(31)15(14-10-40-23(25)26-14)28-38-24(2,3)22(35)36/h5-8,10-11,16,20H,9H2,1-4H3,(H4-,25,26,27,31,33,34,35,36)/t11-,16+,20+/m1/s1. The topological polar surface area (TPSA) is 200 Å². The molecule has 16 heteroatoms. The van der Waals surface area contributed by atoms with Gasteiger partial charge in [-0.15, -0.1) is 23.1 Å². The molecule has 4 N–H and O–H groups in total. The second-order valence-electron chi connectivity index (χ2n) is 9.40. The van der Waals surface area contributed by atoms with Gasteiger partial charge in [0.25, 0.3) is 11.8 Å². The van der Waals surface area contributed by atoms with Crippen LogP contribution in [0.3, 0.4) is 0 Å². The number of ether oxygens (including phenoxy) is 1. The maximum atomic E-state index is 13.2. The van der Waals surface area contributed by atoms with Crippen molar-refractivity contribution in [3.63, 3.8) is 0 Å². The summed E-state index contributed by atoms with van der Waals surface area (Å²) >= 11 is 2.38. The van der Waals surface area contributed by atoms with Gasteiger partial charge in [-0.3, -0.25) is 14.5 Å². The van der Waals surface area contributed by atoms with E-state index in [4.69, 9.17) is 15.3 Å². The Labute approximate surface area is 236 Å². The molecule has 2 aliphatic rings. The van der Waals surface area contributed by atoms with Crippen molar-refractivity contribution in [2.75, 3.05) is 11.5 Å². The number of hydrogen-bond acceptors (Lipinski definition) is 12. The number of β-lactam (4-membered cyclic amide) rings is 1. The first-order valence-electron chi connectivity index (χ1n) is 11.8. The summed E-state index contributed by atoms with van der Waals surface area (Å²) in [5, 5.41) is 29.1. The van der Waals surface area contributed by atoms with E-state index in [0.29, 0.717) is 5.57 Å². The highest BCUT2D eigenvalue weighted by Crippen LogP contribution is 2.37. The predicted molar refractivity (Wildman–Crippen MR) is 139 cm³/mol. The van der Waals surface area contributed by atoms with Crippen molar-refractivity contribution in [2.45, 2.75) is 49.6 Å². The summed E-state index contributed by atoms with van der Waals surface area (Å²) in [4.78, 5) is 60.7. The maximum absolute atomic E-state index is 13.2. The van der Waals surface area contributed by atoms with Crippen LogP contribution in [0, 0.1) is 0 Å². The van der Waals surface area contributed by atoms with Crippen LogP contribution >= 0.6 is 23.1 Å². The number of nitrogens with two attached hydrogens (primary N) is 1. The molecule has 0 saturated carbocycles. The van der Waals surface area contributed by atoms with E-state index in [2.05, 4.69) is 15.5 Å². The first-order valence-corrected chi connectivity index (χ1v) is 13.7. The third kappa shape index (κ3) is 5.78. The SMILES string of the molecule is C[C@H]1O[C@H]2[C@@H](NC(=O)C(=NOC(C)(C)C(=O)O)c3csc(N)n3)C(=O)N2C(C(=O)[O-])=C1CSc1cc[n+](C)cc1. The zero-order valence-corrected chi connectivity index (χ0v) is 23.4. The van der Waals surface area contributed by atoms with Crippen LogP contribution in [0.1, 0.15) is 26.5 Å². The van der Waals surface area contributed by atoms with Crippen molar-refractivity contribution < 1.29 is 43.5 Å². The fourth-order valence-electron chi connectivity index (χ4n) is 3.78. The highest BCUT2D eigenvalue weighted by molar-refractivity contribution is 7.99. The second kappa shape index (κ2) is 11.2. The van der Waals surface area contributed by atoms with E-state index < -0.39 is 53.4 Å². The molecule has 0 spiro atoms. The molecule has 0 unspecified atom stereocenters. The normalized spacial score (nSPS) is 21.0. The number of thioether (sulfide) groups is 1. The molecule has 1 saturated heterocycles. The minimum atomic E-state index is -1.78. The Balaban J connectivity index is 1.55. The van der Waals surface area contributed by atoms with E-state index in [0.717, 1.165) is 21.1 Å². The molecule has 40 heavy (non-hydrogen) atoms. The number of oxime groups is 1. The van der Waals surface area contributed by atoms with Crippen LogP contribution in [0.5, 0.6) is 0 Å². The lowest BCUT2D eigenvalue weighted by Crippen LogP contribution is -2.74. The number of carbonyl (C=O) groups is 4. The van der Waals surface area contributed by atoms with Gasteiger partial charge >= 0.3 is 5.97 Å². The number of carbonyl (C=O) groups excluding carboxylic acids is 3. The van der Waals surface area contributed by atoms with Gasteiger partial charge in [0.05, 0.1) is 17.8 Å². The summed E-state index contributed by atoms with van der Waals surface area (Å²) in [5.41, 5.74) is 3.51. The quantitative estimate of drug-likeness (QED) is 0.101. The Kier molecular flexibility index (Phi) is 8.13. The molecular weight excluding hydrogens is 564 g/mol. The van der Waals surface area contributed by atoms with Gasteiger partial charge in [-0.05, 0) is 26.3 Å². The van der Waals surface area contributed by atoms with Gasteiger partial charge in [-0.2, -0.15) is 0 Å². The molecule has 212 valence electrons. The minimum Gasteiger partial charge on any atom is -0.543 e. The molecular formula is C24H26N6O8S2. The van der Waals surface area contributed by atoms with Crippen molar-refractivity contribution in [3.05, 3.63) is 46.9 Å². The van der Waals surface area contributed by atoms with E-state index in [1.54, 1.807) is 6.92 Å². The molecule has 0 bridgehead atoms. The number of pyridine rings is 1. The van der Waals surface area contributed by atoms with Gasteiger partial charge in [-0.25, -0.2) is 14.3 Å². The van der Waals surface area contributed by atoms with Crippen LogP contribution in [0.25, 0.3) is 0 Å². The highest BCUT2D eigenvalue weighted by atomic mass is 32.2. The number of nitrogens with one attached hydrogen (secondary N) is 1. The number of fused-ring (bicyclic) bond motifs is 1. The van der Waals surface area contributed by atoms with Crippen molar-refractivity contribution in [3.8, 4) is 0 Å². The fraction of sp³-hybridized carbons (Fsp3) is 0.375. The summed E-state index contributed by atoms with van der Waals surface area (Å²) in [6.07, 6.45) is 1.87. The van der Waals surface area contributed by atoms with Gasteiger partial charge < -0.3 is 35.6 Å². The van der Waals surface area contributed by atoms with Crippen LogP contribution in [0.2, 0.25) is 0 Å². The summed E-state index contributed by atoms with van der Waals surface area (Å²) in [7, 11) is 1.87. The minimum absolute atomic E-state index is 0.00751. The Morgan fingerprint density at radius 1 is 1.38 bits per heavy atom. The number of anilines is 1. The zero-order valence-electron chi connectivity index (χ0n) is 21.8. The summed E-state index contributed by atoms with van der Waals surface area (Å²) in [6, 6.07) is 2.48. The summed E-state index contributed by atoms with van der Waals surface area (Å²) < 4.78 is 7.81. The van der Waals surface area contributed by atoms with Crippen molar-refractivity contribution >= 4 is 57.7 Å². The number of rotatable bonds is 10. The number of amides is 2. The Morgan fingerprint density at radius 3 is 2.62 bits per heavy atom. The van der Waals surface area contributed by atoms with Gasteiger partial charge in [0.2, 0.25) is 5.60 Å². The molecule has 4 rings (SSSR count). The fourth-order valence-corrected chi connectivity index (χ4v) is 5.34. The molecule has 1 fully saturated rings. The number of carboxylic acids is 2. The average Bonchev–Trinajstić information content (AvgIpc) is 3.32. The van der Waals surface area contributed by atoms with Crippen molar-refractivity contribution in [1.29, 1.82) is 0 Å². The van der Waals surface area contributed by atoms with Crippen LogP contribution in [-0.4, -0.2) is 74.2 Å². The number of nitrogen functional groups attached to an aromatic ring is 1. The number of thiazole rings is 1. The Bertz CT molecular complexity index is 1420. The molecule has 3 atom stereocenters. The molecule has 0 radical (unpaired) electrons. The zero-order chi connectivity index (χ0) is 29.4. The third-order valence-electron chi connectivity index (χ3n) is 6.10. The number of aromatic nitrogens is 2. The number of carboxylic acid groups (broad SMARTS) is 2. The summed E-state index contributed by atoms with van der Waals surface area (Å²) in [6.45, 7) is 4.11. The van der Waals surface area contributed by atoms with Crippen LogP contribution in [-0.2, 0) is 35.8 Å². The second-order valence-corrected chi connectivity index (χ2v) is 11.3. The van der Waals surface area contributed by atoms with E-state index in [1.807, 2.05) is 36.1 Å². The van der Waals surface area contributed by atoms with Crippen LogP contribution in [0.15, 0.2) is 51.2 Å². The molecule has 4 heterocycles. The number of nitrogens with zero attached hydrogens (tertiary/aromatic N) is 4. The van der Waals surface area contributed by atoms with E-state index in [9.17, 15) is 29.4 Å². The van der Waals surface area contributed by atoms with E-state index >= 15 is 0 Å². The average molecular weight is 591 g/mol. The van der Waals surface area contributed by atoms with Crippen molar-refractivity contribution in [2.24, 2.45) is 12.2 Å². The molecule has 2 aliphatic heterocycles. The van der Waals surface area contributed by atoms with Crippen LogP contribution in [0.4, 0.5) is 5.13 Å². The van der Waals surface area contributed by atoms with Crippen LogP contribution < -0.4 is 20.7 Å². The highest BCUT2D eigenvalue weighted by Gasteiger charge is 2.55. The molecule has 2 amide bonds. The summed E-state index contributed by atoms with van der Waals surface area (Å²) in [5.74, 6) is -4.32. The number of aryl methyl sites for hydroxylation is 1. The monoisotopic (exact) mass is 590 g/mol. The largest absolute Gasteiger partial charge is 0.543 e. The molecule has 14 nitrogen and oxygen atoms in total. The first kappa shape index (κ1) is 29.0. The number of hydrogen-bond donors (Lipinski definition) is 3. The maximum Gasteiger partial charge on any atom is 0.350 e. The van der Waals surface area contributed by atoms with Gasteiger partial charge in [0.15, 0.2) is 35.5 Å². The number of aliphatic carboxylic acids is 2. The Hall–Kier alpha value is -4.02. The molecule has 0 aromatic carbocycles. The molecule has 2 aromatic heterocycles.